The van der Waals surface area contributed by atoms with Crippen molar-refractivity contribution in [1.82, 2.24) is 0 Å². The normalized spacial score (nSPS) is 11.0. The third kappa shape index (κ3) is 5.64. The quantitative estimate of drug-likeness (QED) is 0.498. The molecule has 0 aliphatic carbocycles. The second kappa shape index (κ2) is 10.4. The summed E-state index contributed by atoms with van der Waals surface area (Å²) in [6.45, 7) is 5.63. The number of carbonyl (C=O) groups excluding carboxylic acids is 1. The van der Waals surface area contributed by atoms with Crippen LogP contribution >= 0.6 is 0 Å². The highest BCUT2D eigenvalue weighted by Gasteiger charge is 2.25. The highest BCUT2D eigenvalue weighted by atomic mass is 32.2. The second-order valence-corrected chi connectivity index (χ2v) is 9.34. The number of nitrogens with zero attached hydrogens (tertiary/aromatic N) is 1. The lowest BCUT2D eigenvalue weighted by atomic mass is 10.1. The molecule has 0 unspecified atom stereocenters. The maximum Gasteiger partial charge on any atom is 0.264 e. The van der Waals surface area contributed by atoms with Crippen LogP contribution in [0.2, 0.25) is 0 Å². The number of para-hydroxylation sites is 1. The average Bonchev–Trinajstić information content (AvgIpc) is 2.80. The molecule has 0 aromatic heterocycles. The van der Waals surface area contributed by atoms with Crippen molar-refractivity contribution in [2.45, 2.75) is 25.7 Å². The van der Waals surface area contributed by atoms with Crippen LogP contribution in [0.4, 0.5) is 11.4 Å². The lowest BCUT2D eigenvalue weighted by Gasteiger charge is -2.23. The van der Waals surface area contributed by atoms with Crippen LogP contribution in [0.3, 0.4) is 0 Å². The van der Waals surface area contributed by atoms with Crippen LogP contribution in [-0.2, 0) is 14.8 Å². The van der Waals surface area contributed by atoms with Crippen molar-refractivity contribution in [1.29, 1.82) is 0 Å². The van der Waals surface area contributed by atoms with Gasteiger partial charge in [0.2, 0.25) is 0 Å². The van der Waals surface area contributed by atoms with E-state index in [1.165, 1.54) is 29.6 Å². The first-order chi connectivity index (χ1) is 15.8. The Hall–Kier alpha value is -3.52. The fourth-order valence-electron chi connectivity index (χ4n) is 3.35. The molecule has 7 nitrogen and oxygen atoms in total. The summed E-state index contributed by atoms with van der Waals surface area (Å²) in [5, 5.41) is 2.70. The van der Waals surface area contributed by atoms with E-state index in [4.69, 9.17) is 9.47 Å². The lowest BCUT2D eigenvalue weighted by Crippen LogP contribution is -2.30. The van der Waals surface area contributed by atoms with Crippen LogP contribution in [0.1, 0.15) is 18.1 Å². The average molecular weight is 469 g/mol. The highest BCUT2D eigenvalue weighted by Crippen LogP contribution is 2.31. The van der Waals surface area contributed by atoms with Gasteiger partial charge in [-0.25, -0.2) is 8.42 Å². The third-order valence-electron chi connectivity index (χ3n) is 5.07. The van der Waals surface area contributed by atoms with Gasteiger partial charge in [-0.15, -0.1) is 0 Å². The molecule has 8 heteroatoms. The maximum atomic E-state index is 13.3. The van der Waals surface area contributed by atoms with Crippen molar-refractivity contribution >= 4 is 27.3 Å². The molecule has 3 aromatic rings. The number of methoxy groups -OCH3 is 1. The molecule has 0 atom stereocenters. The molecule has 0 bridgehead atoms. The largest absolute Gasteiger partial charge is 0.495 e. The van der Waals surface area contributed by atoms with Gasteiger partial charge >= 0.3 is 0 Å². The number of hydrogen-bond acceptors (Lipinski definition) is 5. The number of sulfonamides is 1. The van der Waals surface area contributed by atoms with E-state index in [9.17, 15) is 13.2 Å². The van der Waals surface area contributed by atoms with Crippen LogP contribution in [0.15, 0.2) is 71.6 Å². The standard InChI is InChI=1S/C25H28N2O5S/c1-5-27(20-9-7-6-8-10-20)33(29,30)21-13-14-23(31-4)22(16-21)26-25(28)17-32-24-15-18(2)11-12-19(24)3/h6-16H,5,17H2,1-4H3,(H,26,28). The van der Waals surface area contributed by atoms with Crippen molar-refractivity contribution < 1.29 is 22.7 Å². The van der Waals surface area contributed by atoms with Gasteiger partial charge in [0.1, 0.15) is 11.5 Å². The molecule has 0 saturated carbocycles. The van der Waals surface area contributed by atoms with Gasteiger partial charge in [0.15, 0.2) is 6.61 Å². The van der Waals surface area contributed by atoms with E-state index >= 15 is 0 Å². The molecule has 1 amide bonds. The molecule has 0 spiro atoms. The van der Waals surface area contributed by atoms with Crippen molar-refractivity contribution in [2.24, 2.45) is 0 Å². The van der Waals surface area contributed by atoms with Crippen molar-refractivity contribution in [3.8, 4) is 11.5 Å². The van der Waals surface area contributed by atoms with Crippen molar-refractivity contribution in [3.63, 3.8) is 0 Å². The van der Waals surface area contributed by atoms with Crippen LogP contribution in [0, 0.1) is 13.8 Å². The Balaban J connectivity index is 1.83. The summed E-state index contributed by atoms with van der Waals surface area (Å²) in [5.41, 5.74) is 2.75. The monoisotopic (exact) mass is 468 g/mol. The smallest absolute Gasteiger partial charge is 0.264 e. The van der Waals surface area contributed by atoms with E-state index in [1.807, 2.05) is 38.1 Å². The topological polar surface area (TPSA) is 84.9 Å². The van der Waals surface area contributed by atoms with E-state index in [1.54, 1.807) is 31.2 Å². The molecule has 0 fully saturated rings. The van der Waals surface area contributed by atoms with Gasteiger partial charge in [-0.2, -0.15) is 0 Å². The zero-order chi connectivity index (χ0) is 24.0. The van der Waals surface area contributed by atoms with E-state index < -0.39 is 15.9 Å². The Morgan fingerprint density at radius 3 is 2.36 bits per heavy atom. The number of hydrogen-bond donors (Lipinski definition) is 1. The Morgan fingerprint density at radius 1 is 0.970 bits per heavy atom. The van der Waals surface area contributed by atoms with E-state index in [0.29, 0.717) is 17.2 Å². The first-order valence-electron chi connectivity index (χ1n) is 10.5. The van der Waals surface area contributed by atoms with Crippen molar-refractivity contribution in [2.75, 3.05) is 29.9 Å². The minimum Gasteiger partial charge on any atom is -0.495 e. The molecule has 0 saturated heterocycles. The predicted octanol–water partition coefficient (Wildman–Crippen LogP) is 4.54. The Labute approximate surface area is 195 Å². The molecule has 0 radical (unpaired) electrons. The lowest BCUT2D eigenvalue weighted by molar-refractivity contribution is -0.118. The minimum absolute atomic E-state index is 0.0414. The summed E-state index contributed by atoms with van der Waals surface area (Å²) >= 11 is 0. The van der Waals surface area contributed by atoms with Crippen LogP contribution in [-0.4, -0.2) is 34.6 Å². The van der Waals surface area contributed by atoms with Gasteiger partial charge in [0, 0.05) is 6.54 Å². The van der Waals surface area contributed by atoms with Crippen LogP contribution in [0.25, 0.3) is 0 Å². The summed E-state index contributed by atoms with van der Waals surface area (Å²) in [4.78, 5) is 12.6. The van der Waals surface area contributed by atoms with Gasteiger partial charge < -0.3 is 14.8 Å². The molecule has 174 valence electrons. The fraction of sp³-hybridized carbons (Fsp3) is 0.240. The first-order valence-corrected chi connectivity index (χ1v) is 12.0. The van der Waals surface area contributed by atoms with Crippen molar-refractivity contribution in [3.05, 3.63) is 77.9 Å². The SMILES string of the molecule is CCN(c1ccccc1)S(=O)(=O)c1ccc(OC)c(NC(=O)COc2cc(C)ccc2C)c1. The van der Waals surface area contributed by atoms with Crippen LogP contribution < -0.4 is 19.1 Å². The summed E-state index contributed by atoms with van der Waals surface area (Å²) in [6.07, 6.45) is 0. The van der Waals surface area contributed by atoms with E-state index in [-0.39, 0.29) is 23.7 Å². The molecular weight excluding hydrogens is 440 g/mol. The first kappa shape index (κ1) is 24.1. The minimum atomic E-state index is -3.86. The Morgan fingerprint density at radius 2 is 1.70 bits per heavy atom. The Bertz CT molecular complexity index is 1230. The zero-order valence-electron chi connectivity index (χ0n) is 19.2. The van der Waals surface area contributed by atoms with Gasteiger partial charge in [0.25, 0.3) is 15.9 Å². The molecule has 0 heterocycles. The van der Waals surface area contributed by atoms with E-state index in [0.717, 1.165) is 11.1 Å². The molecule has 33 heavy (non-hydrogen) atoms. The fourth-order valence-corrected chi connectivity index (χ4v) is 4.85. The number of benzene rings is 3. The number of anilines is 2. The summed E-state index contributed by atoms with van der Waals surface area (Å²) in [5.74, 6) is 0.533. The maximum absolute atomic E-state index is 13.3. The van der Waals surface area contributed by atoms with Gasteiger partial charge in [-0.3, -0.25) is 9.10 Å². The molecule has 3 rings (SSSR count). The molecule has 3 aromatic carbocycles. The highest BCUT2D eigenvalue weighted by molar-refractivity contribution is 7.92. The zero-order valence-corrected chi connectivity index (χ0v) is 20.0. The number of aryl methyl sites for hydroxylation is 2. The van der Waals surface area contributed by atoms with Gasteiger partial charge in [-0.1, -0.05) is 30.3 Å². The third-order valence-corrected chi connectivity index (χ3v) is 6.97. The second-order valence-electron chi connectivity index (χ2n) is 7.47. The summed E-state index contributed by atoms with van der Waals surface area (Å²) in [7, 11) is -2.41. The number of nitrogens with one attached hydrogen (secondary N) is 1. The number of amides is 1. The summed E-state index contributed by atoms with van der Waals surface area (Å²) < 4.78 is 38.9. The number of carbonyl (C=O) groups is 1. The predicted molar refractivity (Wildman–Crippen MR) is 130 cm³/mol. The number of ether oxygens (including phenoxy) is 2. The van der Waals surface area contributed by atoms with Gasteiger partial charge in [0.05, 0.1) is 23.4 Å². The number of rotatable bonds is 9. The molecule has 0 aliphatic heterocycles. The summed E-state index contributed by atoms with van der Waals surface area (Å²) in [6, 6.07) is 19.0. The van der Waals surface area contributed by atoms with Gasteiger partial charge in [-0.05, 0) is 68.3 Å². The molecular formula is C25H28N2O5S. The van der Waals surface area contributed by atoms with E-state index in [2.05, 4.69) is 5.32 Å². The van der Waals surface area contributed by atoms with Crippen LogP contribution in [0.5, 0.6) is 11.5 Å². The molecule has 1 N–H and O–H groups in total. The molecule has 0 aliphatic rings. The Kier molecular flexibility index (Phi) is 7.60.